The zero-order chi connectivity index (χ0) is 47.9. The standard InChI is InChI=1S/C54H71F2N7O3Si/c1-34(2)67(35(3)4,36(5)6)66-46-19-17-43(18-20-46)63(50-28-44(30-57)62(38(50)8)54(55)56)53(65)47-29-51(59(9)37(47)7)48-26-40-21-22-58-31-42(40)27-49(48)52(64)61-32-41-16-12-11-15-39(41)25-45(61)33-60-23-13-10-14-24-60/h11-12,15-20,26-27,29,34-36,38,44-45,50,54,58H,10,13-14,21-25,28,31-33H2,1-9H3/t38?,44?,45-,50?/m0/s1. The molecule has 0 aliphatic carbocycles. The maximum absolute atomic E-state index is 15.5. The number of rotatable bonds is 13. The number of hydrogen-bond donors (Lipinski definition) is 1. The Hall–Kier alpha value is -4.87. The van der Waals surface area contributed by atoms with Gasteiger partial charge in [-0.2, -0.15) is 14.0 Å². The number of nitrogens with zero attached hydrogens (tertiary/aromatic N) is 6. The average Bonchev–Trinajstić information content (AvgIpc) is 3.81. The van der Waals surface area contributed by atoms with Crippen molar-refractivity contribution in [2.75, 3.05) is 31.1 Å². The number of carbonyl (C=O) groups is 2. The number of amides is 2. The van der Waals surface area contributed by atoms with Crippen LogP contribution in [0.25, 0.3) is 11.3 Å². The highest BCUT2D eigenvalue weighted by molar-refractivity contribution is 6.78. The Morgan fingerprint density at radius 2 is 1.57 bits per heavy atom. The van der Waals surface area contributed by atoms with Gasteiger partial charge in [0, 0.05) is 67.0 Å². The Balaban J connectivity index is 1.20. The van der Waals surface area contributed by atoms with E-state index in [1.165, 1.54) is 36.0 Å². The first-order chi connectivity index (χ1) is 32.0. The largest absolute Gasteiger partial charge is 0.543 e. The predicted octanol–water partition coefficient (Wildman–Crippen LogP) is 10.5. The molecule has 1 N–H and O–H groups in total. The normalized spacial score (nSPS) is 21.5. The van der Waals surface area contributed by atoms with E-state index in [1.54, 1.807) is 11.8 Å². The fourth-order valence-corrected chi connectivity index (χ4v) is 17.5. The SMILES string of the molecule is Cc1c(C(=O)N(c2ccc(O[Si](C(C)C)(C(C)C)C(C)C)cc2)C2CC(C#N)N(C(F)F)C2C)cc(-c2cc3c(cc2C(=O)N2Cc4ccccc4C[C@H]2CN2CCCCC2)CNCC3)n1C. The minimum Gasteiger partial charge on any atom is -0.543 e. The van der Waals surface area contributed by atoms with Gasteiger partial charge in [0.25, 0.3) is 26.7 Å². The van der Waals surface area contributed by atoms with Gasteiger partial charge in [0.1, 0.15) is 11.8 Å². The Morgan fingerprint density at radius 3 is 2.19 bits per heavy atom. The highest BCUT2D eigenvalue weighted by Gasteiger charge is 2.49. The lowest BCUT2D eigenvalue weighted by Gasteiger charge is -2.42. The Bertz CT molecular complexity index is 2450. The van der Waals surface area contributed by atoms with E-state index < -0.39 is 33.0 Å². The summed E-state index contributed by atoms with van der Waals surface area (Å²) in [5.41, 5.74) is 9.54. The zero-order valence-corrected chi connectivity index (χ0v) is 42.1. The van der Waals surface area contributed by atoms with Crippen LogP contribution in [-0.4, -0.2) is 96.3 Å². The van der Waals surface area contributed by atoms with Crippen LogP contribution in [0, 0.1) is 18.3 Å². The van der Waals surface area contributed by atoms with Gasteiger partial charge < -0.3 is 29.0 Å². The predicted molar refractivity (Wildman–Crippen MR) is 265 cm³/mol. The van der Waals surface area contributed by atoms with E-state index in [0.29, 0.717) is 52.2 Å². The number of alkyl halides is 2. The third-order valence-corrected chi connectivity index (χ3v) is 21.9. The van der Waals surface area contributed by atoms with Crippen LogP contribution in [-0.2, 0) is 33.0 Å². The molecule has 2 amide bonds. The summed E-state index contributed by atoms with van der Waals surface area (Å²) in [7, 11) is -0.378. The van der Waals surface area contributed by atoms with Gasteiger partial charge in [-0.15, -0.1) is 0 Å². The van der Waals surface area contributed by atoms with Gasteiger partial charge >= 0.3 is 0 Å². The fourth-order valence-electron chi connectivity index (χ4n) is 12.3. The molecule has 5 heterocycles. The number of nitrogens with one attached hydrogen (secondary N) is 1. The van der Waals surface area contributed by atoms with Crippen LogP contribution in [0.4, 0.5) is 14.5 Å². The second-order valence-corrected chi connectivity index (χ2v) is 26.0. The molecule has 3 unspecified atom stereocenters. The molecule has 0 spiro atoms. The minimum absolute atomic E-state index is 0.00142. The summed E-state index contributed by atoms with van der Waals surface area (Å²) in [5, 5.41) is 13.6. The molecule has 67 heavy (non-hydrogen) atoms. The molecule has 4 aliphatic rings. The van der Waals surface area contributed by atoms with Crippen LogP contribution in [0.1, 0.15) is 123 Å². The van der Waals surface area contributed by atoms with Crippen molar-refractivity contribution >= 4 is 25.8 Å². The second kappa shape index (κ2) is 20.0. The van der Waals surface area contributed by atoms with Crippen molar-refractivity contribution in [1.82, 2.24) is 24.6 Å². The summed E-state index contributed by atoms with van der Waals surface area (Å²) in [6.45, 7) is 19.0. The molecule has 10 nitrogen and oxygen atoms in total. The van der Waals surface area contributed by atoms with Gasteiger partial charge in [0.15, 0.2) is 0 Å². The third kappa shape index (κ3) is 9.23. The highest BCUT2D eigenvalue weighted by atomic mass is 28.4. The van der Waals surface area contributed by atoms with Gasteiger partial charge in [-0.1, -0.05) is 72.2 Å². The third-order valence-electron chi connectivity index (χ3n) is 15.9. The molecule has 8 rings (SSSR count). The lowest BCUT2D eigenvalue weighted by Crippen LogP contribution is -2.51. The monoisotopic (exact) mass is 932 g/mol. The van der Waals surface area contributed by atoms with E-state index in [9.17, 15) is 14.0 Å². The molecule has 0 bridgehead atoms. The van der Waals surface area contributed by atoms with Crippen LogP contribution >= 0.6 is 0 Å². The quantitative estimate of drug-likeness (QED) is 0.105. The van der Waals surface area contributed by atoms with Crippen LogP contribution in [0.15, 0.2) is 66.7 Å². The first-order valence-corrected chi connectivity index (χ1v) is 26.9. The molecular weight excluding hydrogens is 861 g/mol. The van der Waals surface area contributed by atoms with Gasteiger partial charge in [0.05, 0.1) is 17.7 Å². The summed E-state index contributed by atoms with van der Waals surface area (Å²) in [6.07, 6.45) is 5.24. The fraction of sp³-hybridized carbons (Fsp3) is 0.537. The maximum atomic E-state index is 15.5. The Morgan fingerprint density at radius 1 is 0.896 bits per heavy atom. The molecular formula is C54H71F2N7O3Si. The molecule has 0 saturated carbocycles. The van der Waals surface area contributed by atoms with E-state index in [-0.39, 0.29) is 24.3 Å². The maximum Gasteiger partial charge on any atom is 0.296 e. The number of likely N-dealkylation sites (tertiary alicyclic amines) is 2. The minimum atomic E-state index is -2.87. The van der Waals surface area contributed by atoms with Crippen molar-refractivity contribution in [3.8, 4) is 23.1 Å². The highest BCUT2D eigenvalue weighted by Crippen LogP contribution is 2.44. The molecule has 4 aromatic rings. The second-order valence-electron chi connectivity index (χ2n) is 20.6. The first-order valence-electron chi connectivity index (χ1n) is 24.8. The topological polar surface area (TPSA) is 97.1 Å². The van der Waals surface area contributed by atoms with E-state index >= 15 is 9.59 Å². The summed E-state index contributed by atoms with van der Waals surface area (Å²) in [6, 6.07) is 21.6. The molecule has 2 saturated heterocycles. The van der Waals surface area contributed by atoms with Crippen molar-refractivity contribution in [1.29, 1.82) is 5.26 Å². The van der Waals surface area contributed by atoms with Gasteiger partial charge in [-0.25, -0.2) is 4.90 Å². The van der Waals surface area contributed by atoms with E-state index in [0.717, 1.165) is 66.5 Å². The molecule has 2 fully saturated rings. The van der Waals surface area contributed by atoms with E-state index in [4.69, 9.17) is 4.43 Å². The Kier molecular flexibility index (Phi) is 14.5. The first kappa shape index (κ1) is 48.6. The molecule has 358 valence electrons. The smallest absolute Gasteiger partial charge is 0.296 e. The van der Waals surface area contributed by atoms with Gasteiger partial charge in [-0.05, 0) is 147 Å². The van der Waals surface area contributed by atoms with Crippen molar-refractivity contribution < 1.29 is 22.8 Å². The molecule has 13 heteroatoms. The number of anilines is 1. The average molecular weight is 932 g/mol. The molecule has 1 aromatic heterocycles. The van der Waals surface area contributed by atoms with E-state index in [2.05, 4.69) is 99.1 Å². The number of benzene rings is 3. The van der Waals surface area contributed by atoms with Crippen LogP contribution in [0.3, 0.4) is 0 Å². The van der Waals surface area contributed by atoms with Gasteiger partial charge in [-0.3, -0.25) is 9.59 Å². The number of hydrogen-bond acceptors (Lipinski definition) is 7. The van der Waals surface area contributed by atoms with Crippen LogP contribution in [0.5, 0.6) is 5.75 Å². The molecule has 0 radical (unpaired) electrons. The van der Waals surface area contributed by atoms with Crippen LogP contribution in [0.2, 0.25) is 16.6 Å². The van der Waals surface area contributed by atoms with Crippen molar-refractivity contribution in [2.45, 2.75) is 154 Å². The van der Waals surface area contributed by atoms with Crippen molar-refractivity contribution in [3.05, 3.63) is 106 Å². The number of halogens is 2. The lowest BCUT2D eigenvalue weighted by atomic mass is 9.89. The van der Waals surface area contributed by atoms with E-state index in [1.807, 2.05) is 48.9 Å². The lowest BCUT2D eigenvalue weighted by molar-refractivity contribution is -0.0453. The van der Waals surface area contributed by atoms with Crippen molar-refractivity contribution in [3.63, 3.8) is 0 Å². The Labute approximate surface area is 398 Å². The van der Waals surface area contributed by atoms with Gasteiger partial charge in [0.2, 0.25) is 0 Å². The summed E-state index contributed by atoms with van der Waals surface area (Å²) in [5.74, 6) is 0.345. The number of piperidine rings is 1. The summed E-state index contributed by atoms with van der Waals surface area (Å²) < 4.78 is 38.4. The molecule has 4 aliphatic heterocycles. The van der Waals surface area contributed by atoms with Crippen molar-refractivity contribution in [2.24, 2.45) is 7.05 Å². The summed E-state index contributed by atoms with van der Waals surface area (Å²) in [4.78, 5) is 38.1. The number of nitriles is 1. The number of fused-ring (bicyclic) bond motifs is 2. The number of aromatic nitrogens is 1. The van der Waals surface area contributed by atoms with Crippen LogP contribution < -0.4 is 14.6 Å². The molecule has 4 atom stereocenters. The zero-order valence-electron chi connectivity index (χ0n) is 41.1. The summed E-state index contributed by atoms with van der Waals surface area (Å²) >= 11 is 0. The molecule has 3 aromatic carbocycles. The number of carbonyl (C=O) groups excluding carboxylic acids is 2.